The van der Waals surface area contributed by atoms with Crippen LogP contribution in [0.5, 0.6) is 0 Å². The summed E-state index contributed by atoms with van der Waals surface area (Å²) in [4.78, 5) is 21.0. The Hall–Kier alpha value is -1.92. The largest absolute Gasteiger partial charge is 0.480 e. The molecule has 0 fully saturated rings. The molecule has 0 aliphatic heterocycles. The lowest BCUT2D eigenvalue weighted by Crippen LogP contribution is -2.36. The number of aryl methyl sites for hydroxylation is 1. The van der Waals surface area contributed by atoms with E-state index in [0.717, 1.165) is 12.0 Å². The topological polar surface area (TPSA) is 98.7 Å². The van der Waals surface area contributed by atoms with Crippen LogP contribution in [0.25, 0.3) is 0 Å². The van der Waals surface area contributed by atoms with E-state index in [4.69, 9.17) is 10.2 Å². The summed E-state index contributed by atoms with van der Waals surface area (Å²) in [6, 6.07) is 8.14. The predicted molar refractivity (Wildman–Crippen MR) is 79.4 cm³/mol. The molecule has 4 N–H and O–H groups in total. The van der Waals surface area contributed by atoms with Gasteiger partial charge in [-0.25, -0.2) is 0 Å². The van der Waals surface area contributed by atoms with Gasteiger partial charge in [0, 0.05) is 13.1 Å². The highest BCUT2D eigenvalue weighted by molar-refractivity contribution is 5.69. The van der Waals surface area contributed by atoms with Crippen molar-refractivity contribution < 1.29 is 19.8 Å². The Labute approximate surface area is 124 Å². The zero-order chi connectivity index (χ0) is 15.7. The standard InChI is InChI=1S/C15H22N2O4/c1-11-2-4-12(5-3-11)6-13(7-16-9-14(18)19)8-17-10-15(20)21/h2-5,13,16-17H,6-10H2,1H3,(H,18,19)(H,20,21). The van der Waals surface area contributed by atoms with Gasteiger partial charge < -0.3 is 20.8 Å². The highest BCUT2D eigenvalue weighted by Crippen LogP contribution is 2.09. The monoisotopic (exact) mass is 294 g/mol. The molecule has 0 bridgehead atoms. The summed E-state index contributed by atoms with van der Waals surface area (Å²) in [6.07, 6.45) is 0.763. The molecule has 1 aromatic carbocycles. The highest BCUT2D eigenvalue weighted by atomic mass is 16.4. The normalized spacial score (nSPS) is 10.8. The number of carboxylic acid groups (broad SMARTS) is 2. The van der Waals surface area contributed by atoms with Gasteiger partial charge in [-0.15, -0.1) is 0 Å². The Morgan fingerprint density at radius 3 is 1.90 bits per heavy atom. The highest BCUT2D eigenvalue weighted by Gasteiger charge is 2.11. The second kappa shape index (κ2) is 9.10. The third-order valence-electron chi connectivity index (χ3n) is 3.06. The molecular weight excluding hydrogens is 272 g/mol. The molecule has 6 nitrogen and oxygen atoms in total. The van der Waals surface area contributed by atoms with Crippen LogP contribution in [0.15, 0.2) is 24.3 Å². The van der Waals surface area contributed by atoms with Crippen molar-refractivity contribution in [3.8, 4) is 0 Å². The molecule has 0 heterocycles. The van der Waals surface area contributed by atoms with Crippen LogP contribution >= 0.6 is 0 Å². The van der Waals surface area contributed by atoms with Crippen LogP contribution in [-0.4, -0.2) is 48.3 Å². The molecule has 0 amide bonds. The molecule has 0 atom stereocenters. The summed E-state index contributed by atoms with van der Waals surface area (Å²) in [5.74, 6) is -1.67. The number of nitrogens with one attached hydrogen (secondary N) is 2. The van der Waals surface area contributed by atoms with Crippen LogP contribution in [0.4, 0.5) is 0 Å². The fourth-order valence-electron chi connectivity index (χ4n) is 2.04. The number of rotatable bonds is 10. The summed E-state index contributed by atoms with van der Waals surface area (Å²) in [6.45, 7) is 2.87. The van der Waals surface area contributed by atoms with Crippen molar-refractivity contribution >= 4 is 11.9 Å². The van der Waals surface area contributed by atoms with Crippen LogP contribution in [-0.2, 0) is 16.0 Å². The Bertz CT molecular complexity index is 439. The van der Waals surface area contributed by atoms with Gasteiger partial charge in [-0.05, 0) is 24.8 Å². The van der Waals surface area contributed by atoms with Crippen molar-refractivity contribution in [1.82, 2.24) is 10.6 Å². The molecule has 1 aromatic rings. The van der Waals surface area contributed by atoms with Crippen LogP contribution in [0.2, 0.25) is 0 Å². The summed E-state index contributed by atoms with van der Waals surface area (Å²) in [5.41, 5.74) is 2.34. The first-order valence-corrected chi connectivity index (χ1v) is 6.88. The quantitative estimate of drug-likeness (QED) is 0.502. The van der Waals surface area contributed by atoms with E-state index in [1.54, 1.807) is 0 Å². The second-order valence-corrected chi connectivity index (χ2v) is 5.11. The van der Waals surface area contributed by atoms with Crippen LogP contribution in [0.1, 0.15) is 11.1 Å². The van der Waals surface area contributed by atoms with E-state index in [1.807, 2.05) is 31.2 Å². The fourth-order valence-corrected chi connectivity index (χ4v) is 2.04. The van der Waals surface area contributed by atoms with Crippen LogP contribution in [0, 0.1) is 12.8 Å². The fraction of sp³-hybridized carbons (Fsp3) is 0.467. The zero-order valence-electron chi connectivity index (χ0n) is 12.1. The minimum atomic E-state index is -0.900. The van der Waals surface area contributed by atoms with E-state index >= 15 is 0 Å². The number of carboxylic acids is 2. The van der Waals surface area contributed by atoms with E-state index in [1.165, 1.54) is 5.56 Å². The summed E-state index contributed by atoms with van der Waals surface area (Å²) < 4.78 is 0. The lowest BCUT2D eigenvalue weighted by molar-refractivity contribution is -0.136. The second-order valence-electron chi connectivity index (χ2n) is 5.11. The number of benzene rings is 1. The van der Waals surface area contributed by atoms with Crippen molar-refractivity contribution in [2.75, 3.05) is 26.2 Å². The molecule has 0 unspecified atom stereocenters. The van der Waals surface area contributed by atoms with Gasteiger partial charge >= 0.3 is 11.9 Å². The average Bonchev–Trinajstić information content (AvgIpc) is 2.40. The zero-order valence-corrected chi connectivity index (χ0v) is 12.1. The number of hydrogen-bond donors (Lipinski definition) is 4. The Morgan fingerprint density at radius 2 is 1.48 bits per heavy atom. The SMILES string of the molecule is Cc1ccc(CC(CNCC(=O)O)CNCC(=O)O)cc1. The Kier molecular flexibility index (Phi) is 7.42. The summed E-state index contributed by atoms with van der Waals surface area (Å²) in [7, 11) is 0. The molecule has 0 aliphatic carbocycles. The van der Waals surface area contributed by atoms with E-state index in [9.17, 15) is 9.59 Å². The van der Waals surface area contributed by atoms with Crippen molar-refractivity contribution in [2.45, 2.75) is 13.3 Å². The first-order valence-electron chi connectivity index (χ1n) is 6.88. The van der Waals surface area contributed by atoms with Gasteiger partial charge in [0.05, 0.1) is 13.1 Å². The maximum atomic E-state index is 10.5. The smallest absolute Gasteiger partial charge is 0.317 e. The lowest BCUT2D eigenvalue weighted by atomic mass is 9.98. The third-order valence-corrected chi connectivity index (χ3v) is 3.06. The van der Waals surface area contributed by atoms with Crippen LogP contribution in [0.3, 0.4) is 0 Å². The van der Waals surface area contributed by atoms with E-state index in [0.29, 0.717) is 13.1 Å². The molecule has 0 saturated heterocycles. The van der Waals surface area contributed by atoms with E-state index in [2.05, 4.69) is 10.6 Å². The average molecular weight is 294 g/mol. The maximum Gasteiger partial charge on any atom is 0.317 e. The first kappa shape index (κ1) is 17.1. The number of hydrogen-bond acceptors (Lipinski definition) is 4. The molecule has 0 aromatic heterocycles. The molecule has 21 heavy (non-hydrogen) atoms. The minimum absolute atomic E-state index is 0.0939. The van der Waals surface area contributed by atoms with Gasteiger partial charge in [-0.3, -0.25) is 9.59 Å². The van der Waals surface area contributed by atoms with Gasteiger partial charge in [-0.1, -0.05) is 29.8 Å². The molecule has 1 rings (SSSR count). The Balaban J connectivity index is 2.50. The van der Waals surface area contributed by atoms with Crippen molar-refractivity contribution in [3.63, 3.8) is 0 Å². The third kappa shape index (κ3) is 8.06. The van der Waals surface area contributed by atoms with Gasteiger partial charge in [0.1, 0.15) is 0 Å². The summed E-state index contributed by atoms with van der Waals surface area (Å²) >= 11 is 0. The number of carbonyl (C=O) groups is 2. The van der Waals surface area contributed by atoms with Crippen molar-refractivity contribution in [2.24, 2.45) is 5.92 Å². The Morgan fingerprint density at radius 1 is 1.00 bits per heavy atom. The van der Waals surface area contributed by atoms with Gasteiger partial charge in [0.25, 0.3) is 0 Å². The molecule has 6 heteroatoms. The number of aliphatic carboxylic acids is 2. The van der Waals surface area contributed by atoms with Gasteiger partial charge in [0.15, 0.2) is 0 Å². The molecule has 0 radical (unpaired) electrons. The minimum Gasteiger partial charge on any atom is -0.480 e. The maximum absolute atomic E-state index is 10.5. The molecular formula is C15H22N2O4. The molecule has 116 valence electrons. The van der Waals surface area contributed by atoms with Crippen molar-refractivity contribution in [1.29, 1.82) is 0 Å². The summed E-state index contributed by atoms with van der Waals surface area (Å²) in [5, 5.41) is 23.0. The first-order chi connectivity index (χ1) is 9.97. The lowest BCUT2D eigenvalue weighted by Gasteiger charge is -2.17. The van der Waals surface area contributed by atoms with E-state index < -0.39 is 11.9 Å². The van der Waals surface area contributed by atoms with Gasteiger partial charge in [-0.2, -0.15) is 0 Å². The molecule has 0 saturated carbocycles. The van der Waals surface area contributed by atoms with Gasteiger partial charge in [0.2, 0.25) is 0 Å². The van der Waals surface area contributed by atoms with Crippen LogP contribution < -0.4 is 10.6 Å². The van der Waals surface area contributed by atoms with Crippen molar-refractivity contribution in [3.05, 3.63) is 35.4 Å². The molecule has 0 spiro atoms. The van der Waals surface area contributed by atoms with E-state index in [-0.39, 0.29) is 19.0 Å². The predicted octanol–water partition coefficient (Wildman–Crippen LogP) is 0.502. The molecule has 0 aliphatic rings.